The van der Waals surface area contributed by atoms with E-state index >= 15 is 0 Å². The van der Waals surface area contributed by atoms with Gasteiger partial charge in [0.25, 0.3) is 0 Å². The Hall–Kier alpha value is -2.43. The smallest absolute Gasteiger partial charge is 0.229 e. The fourth-order valence-electron chi connectivity index (χ4n) is 1.69. The summed E-state index contributed by atoms with van der Waals surface area (Å²) in [7, 11) is 0. The maximum absolute atomic E-state index is 12.7. The van der Waals surface area contributed by atoms with Crippen molar-refractivity contribution in [1.82, 2.24) is 4.98 Å². The van der Waals surface area contributed by atoms with Crippen LogP contribution in [0.2, 0.25) is 0 Å². The second kappa shape index (κ2) is 6.65. The average molecular weight is 274 g/mol. The molecule has 0 aliphatic carbocycles. The largest absolute Gasteiger partial charge is 0.494 e. The highest BCUT2D eigenvalue weighted by Crippen LogP contribution is 2.13. The summed E-state index contributed by atoms with van der Waals surface area (Å²) in [6.07, 6.45) is 1.29. The molecule has 1 aromatic heterocycles. The lowest BCUT2D eigenvalue weighted by atomic mass is 10.1. The highest BCUT2D eigenvalue weighted by Gasteiger charge is 2.05. The minimum atomic E-state index is -0.436. The fraction of sp³-hybridized carbons (Fsp3) is 0.200. The van der Waals surface area contributed by atoms with Gasteiger partial charge in [0.05, 0.1) is 19.2 Å². The Bertz CT molecular complexity index is 567. The monoisotopic (exact) mass is 274 g/mol. The molecule has 20 heavy (non-hydrogen) atoms. The van der Waals surface area contributed by atoms with E-state index in [0.29, 0.717) is 12.4 Å². The Labute approximate surface area is 116 Å². The average Bonchev–Trinajstić information content (AvgIpc) is 2.44. The van der Waals surface area contributed by atoms with Gasteiger partial charge in [0, 0.05) is 0 Å². The van der Waals surface area contributed by atoms with Crippen LogP contribution in [-0.4, -0.2) is 17.5 Å². The summed E-state index contributed by atoms with van der Waals surface area (Å²) in [6.45, 7) is 2.52. The van der Waals surface area contributed by atoms with Crippen molar-refractivity contribution in [3.63, 3.8) is 0 Å². The van der Waals surface area contributed by atoms with Crippen molar-refractivity contribution in [3.05, 3.63) is 54.0 Å². The van der Waals surface area contributed by atoms with Crippen LogP contribution < -0.4 is 10.1 Å². The Morgan fingerprint density at radius 3 is 2.60 bits per heavy atom. The van der Waals surface area contributed by atoms with E-state index in [1.165, 1.54) is 12.1 Å². The normalized spacial score (nSPS) is 10.1. The number of amides is 1. The van der Waals surface area contributed by atoms with E-state index in [9.17, 15) is 9.18 Å². The predicted octanol–water partition coefficient (Wildman–Crippen LogP) is 2.80. The van der Waals surface area contributed by atoms with Crippen LogP contribution in [0.25, 0.3) is 0 Å². The zero-order valence-corrected chi connectivity index (χ0v) is 11.1. The second-order valence-electron chi connectivity index (χ2n) is 4.16. The number of carbonyl (C=O) groups is 1. The molecule has 0 fully saturated rings. The number of rotatable bonds is 5. The summed E-state index contributed by atoms with van der Waals surface area (Å²) in [5, 5.41) is 2.61. The molecule has 104 valence electrons. The van der Waals surface area contributed by atoms with Crippen LogP contribution in [0.1, 0.15) is 12.5 Å². The molecule has 1 N–H and O–H groups in total. The molecule has 5 heteroatoms. The van der Waals surface area contributed by atoms with Crippen molar-refractivity contribution in [2.24, 2.45) is 0 Å². The van der Waals surface area contributed by atoms with Crippen LogP contribution in [0.3, 0.4) is 0 Å². The molecule has 4 nitrogen and oxygen atoms in total. The lowest BCUT2D eigenvalue weighted by molar-refractivity contribution is -0.115. The number of anilines is 1. The second-order valence-corrected chi connectivity index (χ2v) is 4.16. The maximum atomic E-state index is 12.7. The number of pyridine rings is 1. The Morgan fingerprint density at radius 1 is 1.25 bits per heavy atom. The molecule has 2 aromatic rings. The Balaban J connectivity index is 1.92. The van der Waals surface area contributed by atoms with E-state index in [2.05, 4.69) is 10.3 Å². The molecule has 2 rings (SSSR count). The van der Waals surface area contributed by atoms with E-state index in [0.717, 1.165) is 17.5 Å². The summed E-state index contributed by atoms with van der Waals surface area (Å²) in [5.74, 6) is 0.474. The number of nitrogens with zero attached hydrogens (tertiary/aromatic N) is 1. The molecule has 0 saturated carbocycles. The molecule has 1 heterocycles. The quantitative estimate of drug-likeness (QED) is 0.912. The van der Waals surface area contributed by atoms with Gasteiger partial charge in [-0.3, -0.25) is 4.79 Å². The van der Waals surface area contributed by atoms with Gasteiger partial charge in [-0.25, -0.2) is 9.37 Å². The van der Waals surface area contributed by atoms with Gasteiger partial charge in [-0.15, -0.1) is 0 Å². The summed E-state index contributed by atoms with van der Waals surface area (Å²) >= 11 is 0. The molecule has 0 aliphatic heterocycles. The number of halogens is 1. The van der Waals surface area contributed by atoms with Gasteiger partial charge in [-0.1, -0.05) is 12.1 Å². The van der Waals surface area contributed by atoms with Crippen LogP contribution in [0.15, 0.2) is 42.6 Å². The van der Waals surface area contributed by atoms with Gasteiger partial charge in [0.1, 0.15) is 17.4 Å². The zero-order chi connectivity index (χ0) is 14.4. The summed E-state index contributed by atoms with van der Waals surface area (Å²) in [6, 6.07) is 9.99. The van der Waals surface area contributed by atoms with Gasteiger partial charge < -0.3 is 10.1 Å². The van der Waals surface area contributed by atoms with Crippen molar-refractivity contribution in [2.45, 2.75) is 13.3 Å². The lowest BCUT2D eigenvalue weighted by Crippen LogP contribution is -2.15. The first-order valence-electron chi connectivity index (χ1n) is 6.30. The number of hydrogen-bond donors (Lipinski definition) is 1. The van der Waals surface area contributed by atoms with Gasteiger partial charge in [0.2, 0.25) is 5.91 Å². The lowest BCUT2D eigenvalue weighted by Gasteiger charge is -2.06. The predicted molar refractivity (Wildman–Crippen MR) is 74.1 cm³/mol. The van der Waals surface area contributed by atoms with Gasteiger partial charge in [0.15, 0.2) is 0 Å². The standard InChI is InChI=1S/C15H15FN2O2/c1-2-20-13-6-3-11(4-7-13)9-15(19)18-14-8-5-12(16)10-17-14/h3-8,10H,2,9H2,1H3,(H,17,18,19). The van der Waals surface area contributed by atoms with Crippen molar-refractivity contribution >= 4 is 11.7 Å². The van der Waals surface area contributed by atoms with E-state index in [1.807, 2.05) is 31.2 Å². The number of aromatic nitrogens is 1. The Morgan fingerprint density at radius 2 is 2.00 bits per heavy atom. The molecule has 0 aliphatic rings. The number of benzene rings is 1. The molecular weight excluding hydrogens is 259 g/mol. The summed E-state index contributed by atoms with van der Waals surface area (Å²) < 4.78 is 18.0. The first-order chi connectivity index (χ1) is 9.67. The molecule has 0 bridgehead atoms. The van der Waals surface area contributed by atoms with E-state index in [1.54, 1.807) is 0 Å². The van der Waals surface area contributed by atoms with E-state index < -0.39 is 5.82 Å². The van der Waals surface area contributed by atoms with E-state index in [-0.39, 0.29) is 12.3 Å². The minimum Gasteiger partial charge on any atom is -0.494 e. The highest BCUT2D eigenvalue weighted by molar-refractivity contribution is 5.91. The van der Waals surface area contributed by atoms with Crippen molar-refractivity contribution in [2.75, 3.05) is 11.9 Å². The third-order valence-electron chi connectivity index (χ3n) is 2.59. The molecule has 0 spiro atoms. The van der Waals surface area contributed by atoms with Gasteiger partial charge >= 0.3 is 0 Å². The SMILES string of the molecule is CCOc1ccc(CC(=O)Nc2ccc(F)cn2)cc1. The van der Waals surface area contributed by atoms with Crippen molar-refractivity contribution in [3.8, 4) is 5.75 Å². The molecule has 1 amide bonds. The maximum Gasteiger partial charge on any atom is 0.229 e. The third kappa shape index (κ3) is 4.05. The third-order valence-corrected chi connectivity index (χ3v) is 2.59. The number of carbonyl (C=O) groups excluding carboxylic acids is 1. The van der Waals surface area contributed by atoms with E-state index in [4.69, 9.17) is 4.74 Å². The van der Waals surface area contributed by atoms with Crippen molar-refractivity contribution < 1.29 is 13.9 Å². The van der Waals surface area contributed by atoms with Crippen LogP contribution in [0.5, 0.6) is 5.75 Å². The molecule has 1 aromatic carbocycles. The molecule has 0 unspecified atom stereocenters. The fourth-order valence-corrected chi connectivity index (χ4v) is 1.69. The van der Waals surface area contributed by atoms with Crippen LogP contribution in [0, 0.1) is 5.82 Å². The van der Waals surface area contributed by atoms with Gasteiger partial charge in [-0.2, -0.15) is 0 Å². The molecule has 0 saturated heterocycles. The summed E-state index contributed by atoms with van der Waals surface area (Å²) in [5.41, 5.74) is 0.869. The van der Waals surface area contributed by atoms with Crippen molar-refractivity contribution in [1.29, 1.82) is 0 Å². The molecular formula is C15H15FN2O2. The number of nitrogens with one attached hydrogen (secondary N) is 1. The number of ether oxygens (including phenoxy) is 1. The Kier molecular flexibility index (Phi) is 4.65. The van der Waals surface area contributed by atoms with Crippen LogP contribution in [0.4, 0.5) is 10.2 Å². The molecule has 0 atom stereocenters. The van der Waals surface area contributed by atoms with Crippen LogP contribution in [-0.2, 0) is 11.2 Å². The van der Waals surface area contributed by atoms with Gasteiger partial charge in [-0.05, 0) is 36.8 Å². The zero-order valence-electron chi connectivity index (χ0n) is 11.1. The molecule has 0 radical (unpaired) electrons. The minimum absolute atomic E-state index is 0.201. The first kappa shape index (κ1) is 14.0. The van der Waals surface area contributed by atoms with Crippen LogP contribution >= 0.6 is 0 Å². The summed E-state index contributed by atoms with van der Waals surface area (Å²) in [4.78, 5) is 15.6. The highest BCUT2D eigenvalue weighted by atomic mass is 19.1. The first-order valence-corrected chi connectivity index (χ1v) is 6.30. The number of hydrogen-bond acceptors (Lipinski definition) is 3. The topological polar surface area (TPSA) is 51.2 Å².